The summed E-state index contributed by atoms with van der Waals surface area (Å²) in [5.74, 6) is 0.721. The summed E-state index contributed by atoms with van der Waals surface area (Å²) >= 11 is 13.5. The third-order valence-electron chi connectivity index (χ3n) is 4.80. The number of halogens is 2. The Bertz CT molecular complexity index is 1270. The maximum atomic E-state index is 12.6. The van der Waals surface area contributed by atoms with Crippen LogP contribution in [0.25, 0.3) is 17.1 Å². The maximum absolute atomic E-state index is 12.6. The molecule has 8 heteroatoms. The Hall–Kier alpha value is -2.80. The van der Waals surface area contributed by atoms with Crippen molar-refractivity contribution in [2.75, 3.05) is 11.1 Å². The molecule has 0 atom stereocenters. The van der Waals surface area contributed by atoms with Gasteiger partial charge >= 0.3 is 0 Å². The average Bonchev–Trinajstić information content (AvgIpc) is 3.19. The number of nitrogens with zero attached hydrogens (tertiary/aromatic N) is 3. The standard InChI is InChI=1S/C24H20Cl2N4OS/c1-15-4-3-5-17(12-15)23-28-29-24(30(23)20-10-8-18(25)9-11-20)32-14-22(31)27-21-13-19(26)7-6-16(21)2/h3-13H,14H2,1-2H3,(H,27,31). The van der Waals surface area contributed by atoms with Gasteiger partial charge in [0.15, 0.2) is 11.0 Å². The van der Waals surface area contributed by atoms with Gasteiger partial charge in [0.1, 0.15) is 0 Å². The zero-order valence-electron chi connectivity index (χ0n) is 17.5. The van der Waals surface area contributed by atoms with Gasteiger partial charge in [0.25, 0.3) is 0 Å². The van der Waals surface area contributed by atoms with Crippen molar-refractivity contribution in [3.63, 3.8) is 0 Å². The molecule has 0 aliphatic carbocycles. The largest absolute Gasteiger partial charge is 0.325 e. The lowest BCUT2D eigenvalue weighted by Gasteiger charge is -2.12. The van der Waals surface area contributed by atoms with Crippen LogP contribution >= 0.6 is 35.0 Å². The molecule has 1 aromatic heterocycles. The Morgan fingerprint density at radius 1 is 0.969 bits per heavy atom. The van der Waals surface area contributed by atoms with E-state index in [1.54, 1.807) is 12.1 Å². The van der Waals surface area contributed by atoms with E-state index >= 15 is 0 Å². The summed E-state index contributed by atoms with van der Waals surface area (Å²) in [6.07, 6.45) is 0. The van der Waals surface area contributed by atoms with E-state index in [-0.39, 0.29) is 11.7 Å². The molecule has 0 unspecified atom stereocenters. The number of anilines is 1. The topological polar surface area (TPSA) is 59.8 Å². The fraction of sp³-hybridized carbons (Fsp3) is 0.125. The zero-order chi connectivity index (χ0) is 22.7. The highest BCUT2D eigenvalue weighted by molar-refractivity contribution is 7.99. The molecule has 1 N–H and O–H groups in total. The lowest BCUT2D eigenvalue weighted by Crippen LogP contribution is -2.15. The summed E-state index contributed by atoms with van der Waals surface area (Å²) in [6, 6.07) is 20.9. The number of benzene rings is 3. The first-order valence-corrected chi connectivity index (χ1v) is 11.6. The van der Waals surface area contributed by atoms with E-state index in [4.69, 9.17) is 23.2 Å². The number of thioether (sulfide) groups is 1. The van der Waals surface area contributed by atoms with Gasteiger partial charge in [-0.15, -0.1) is 10.2 Å². The number of aryl methyl sites for hydroxylation is 2. The predicted molar refractivity (Wildman–Crippen MR) is 132 cm³/mol. The number of aromatic nitrogens is 3. The van der Waals surface area contributed by atoms with Crippen molar-refractivity contribution >= 4 is 46.6 Å². The molecule has 4 rings (SSSR count). The Balaban J connectivity index is 1.61. The summed E-state index contributed by atoms with van der Waals surface area (Å²) < 4.78 is 1.94. The first kappa shape index (κ1) is 22.4. The van der Waals surface area contributed by atoms with E-state index < -0.39 is 0 Å². The van der Waals surface area contributed by atoms with Gasteiger partial charge in [0.2, 0.25) is 5.91 Å². The van der Waals surface area contributed by atoms with Crippen LogP contribution in [0.15, 0.2) is 71.9 Å². The highest BCUT2D eigenvalue weighted by Gasteiger charge is 2.18. The molecular formula is C24H20Cl2N4OS. The maximum Gasteiger partial charge on any atom is 0.234 e. The molecule has 1 heterocycles. The number of amides is 1. The van der Waals surface area contributed by atoms with Gasteiger partial charge in [-0.3, -0.25) is 9.36 Å². The molecule has 0 radical (unpaired) electrons. The van der Waals surface area contributed by atoms with Crippen molar-refractivity contribution in [2.45, 2.75) is 19.0 Å². The van der Waals surface area contributed by atoms with Crippen molar-refractivity contribution in [2.24, 2.45) is 0 Å². The molecule has 0 bridgehead atoms. The van der Waals surface area contributed by atoms with Crippen LogP contribution in [0.4, 0.5) is 5.69 Å². The number of hydrogen-bond acceptors (Lipinski definition) is 4. The van der Waals surface area contributed by atoms with Crippen molar-refractivity contribution < 1.29 is 4.79 Å². The van der Waals surface area contributed by atoms with Gasteiger partial charge in [0, 0.05) is 27.0 Å². The monoisotopic (exact) mass is 482 g/mol. The van der Waals surface area contributed by atoms with Crippen LogP contribution in [-0.2, 0) is 4.79 Å². The molecular weight excluding hydrogens is 463 g/mol. The normalized spacial score (nSPS) is 10.9. The number of carbonyl (C=O) groups excluding carboxylic acids is 1. The van der Waals surface area contributed by atoms with E-state index in [1.807, 2.05) is 66.9 Å². The Labute approximate surface area is 200 Å². The molecule has 4 aromatic rings. The van der Waals surface area contributed by atoms with E-state index in [0.29, 0.717) is 26.7 Å². The second-order valence-electron chi connectivity index (χ2n) is 7.28. The Kier molecular flexibility index (Phi) is 6.84. The second kappa shape index (κ2) is 9.77. The van der Waals surface area contributed by atoms with Crippen molar-refractivity contribution in [1.82, 2.24) is 14.8 Å². The van der Waals surface area contributed by atoms with Crippen LogP contribution in [0, 0.1) is 13.8 Å². The van der Waals surface area contributed by atoms with E-state index in [9.17, 15) is 4.79 Å². The van der Waals surface area contributed by atoms with Crippen LogP contribution in [-0.4, -0.2) is 26.4 Å². The molecule has 3 aromatic carbocycles. The highest BCUT2D eigenvalue weighted by Crippen LogP contribution is 2.29. The molecule has 0 saturated heterocycles. The summed E-state index contributed by atoms with van der Waals surface area (Å²) in [6.45, 7) is 3.95. The number of hydrogen-bond donors (Lipinski definition) is 1. The fourth-order valence-corrected chi connectivity index (χ4v) is 4.25. The van der Waals surface area contributed by atoms with Gasteiger partial charge in [-0.1, -0.05) is 64.8 Å². The van der Waals surface area contributed by atoms with E-state index in [1.165, 1.54) is 11.8 Å². The third kappa shape index (κ3) is 5.15. The van der Waals surface area contributed by atoms with Crippen LogP contribution < -0.4 is 5.32 Å². The second-order valence-corrected chi connectivity index (χ2v) is 9.10. The highest BCUT2D eigenvalue weighted by atomic mass is 35.5. The number of nitrogens with one attached hydrogen (secondary N) is 1. The van der Waals surface area contributed by atoms with Crippen molar-refractivity contribution in [3.8, 4) is 17.1 Å². The Morgan fingerprint density at radius 2 is 1.72 bits per heavy atom. The van der Waals surface area contributed by atoms with Crippen LogP contribution in [0.5, 0.6) is 0 Å². The minimum Gasteiger partial charge on any atom is -0.325 e. The summed E-state index contributed by atoms with van der Waals surface area (Å²) in [7, 11) is 0. The summed E-state index contributed by atoms with van der Waals surface area (Å²) in [4.78, 5) is 12.6. The Morgan fingerprint density at radius 3 is 2.47 bits per heavy atom. The third-order valence-corrected chi connectivity index (χ3v) is 6.22. The quantitative estimate of drug-likeness (QED) is 0.315. The van der Waals surface area contributed by atoms with Gasteiger partial charge in [0.05, 0.1) is 5.75 Å². The van der Waals surface area contributed by atoms with Crippen LogP contribution in [0.3, 0.4) is 0 Å². The molecule has 0 saturated carbocycles. The first-order chi connectivity index (χ1) is 15.4. The molecule has 0 spiro atoms. The predicted octanol–water partition coefficient (Wildman–Crippen LogP) is 6.59. The SMILES string of the molecule is Cc1cccc(-c2nnc(SCC(=O)Nc3cc(Cl)ccc3C)n2-c2ccc(Cl)cc2)c1. The molecule has 0 aliphatic rings. The summed E-state index contributed by atoms with van der Waals surface area (Å²) in [5, 5.41) is 13.5. The van der Waals surface area contributed by atoms with Crippen LogP contribution in [0.2, 0.25) is 10.0 Å². The lowest BCUT2D eigenvalue weighted by atomic mass is 10.1. The molecule has 0 aliphatic heterocycles. The minimum atomic E-state index is -0.150. The van der Waals surface area contributed by atoms with Gasteiger partial charge in [-0.05, 0) is 61.9 Å². The minimum absolute atomic E-state index is 0.150. The average molecular weight is 483 g/mol. The fourth-order valence-electron chi connectivity index (χ4n) is 3.20. The van der Waals surface area contributed by atoms with E-state index in [2.05, 4.69) is 21.6 Å². The smallest absolute Gasteiger partial charge is 0.234 e. The summed E-state index contributed by atoms with van der Waals surface area (Å²) in [5.41, 5.74) is 4.57. The lowest BCUT2D eigenvalue weighted by molar-refractivity contribution is -0.113. The molecule has 5 nitrogen and oxygen atoms in total. The zero-order valence-corrected chi connectivity index (χ0v) is 19.8. The number of rotatable bonds is 6. The first-order valence-electron chi connectivity index (χ1n) is 9.88. The molecule has 1 amide bonds. The van der Waals surface area contributed by atoms with Crippen molar-refractivity contribution in [1.29, 1.82) is 0 Å². The van der Waals surface area contributed by atoms with Gasteiger partial charge < -0.3 is 5.32 Å². The van der Waals surface area contributed by atoms with Crippen molar-refractivity contribution in [3.05, 3.63) is 87.9 Å². The van der Waals surface area contributed by atoms with Gasteiger partial charge in [-0.25, -0.2) is 0 Å². The van der Waals surface area contributed by atoms with Gasteiger partial charge in [-0.2, -0.15) is 0 Å². The molecule has 162 valence electrons. The van der Waals surface area contributed by atoms with Crippen LogP contribution in [0.1, 0.15) is 11.1 Å². The van der Waals surface area contributed by atoms with E-state index in [0.717, 1.165) is 22.4 Å². The molecule has 0 fully saturated rings. The molecule has 32 heavy (non-hydrogen) atoms. The number of carbonyl (C=O) groups is 1.